The lowest BCUT2D eigenvalue weighted by Gasteiger charge is -2.38. The van der Waals surface area contributed by atoms with E-state index >= 15 is 0 Å². The fraction of sp³-hybridized carbons (Fsp3) is 0.333. The van der Waals surface area contributed by atoms with Gasteiger partial charge in [-0.15, -0.1) is 11.3 Å². The fourth-order valence-corrected chi connectivity index (χ4v) is 4.44. The predicted molar refractivity (Wildman–Crippen MR) is 93.8 cm³/mol. The molecule has 1 aromatic heterocycles. The summed E-state index contributed by atoms with van der Waals surface area (Å²) in [4.78, 5) is 27.4. The molecule has 0 fully saturated rings. The first kappa shape index (κ1) is 17.3. The zero-order valence-corrected chi connectivity index (χ0v) is 15.2. The molecule has 132 valence electrons. The second-order valence-corrected chi connectivity index (χ2v) is 6.89. The highest BCUT2D eigenvalue weighted by Gasteiger charge is 2.44. The van der Waals surface area contributed by atoms with E-state index in [2.05, 4.69) is 0 Å². The van der Waals surface area contributed by atoms with Crippen molar-refractivity contribution < 1.29 is 24.2 Å². The second-order valence-electron chi connectivity index (χ2n) is 5.94. The number of carbonyl (C=O) groups is 2. The SMILES string of the molecule is COc1cc2c(cc1OC)C(C(=O)O)C(c1sccc1C)N(C)C2=O. The van der Waals surface area contributed by atoms with E-state index in [1.54, 1.807) is 19.2 Å². The minimum absolute atomic E-state index is 0.230. The normalized spacial score (nSPS) is 19.5. The Morgan fingerprint density at radius 2 is 1.88 bits per heavy atom. The molecule has 0 radical (unpaired) electrons. The van der Waals surface area contributed by atoms with Crippen LogP contribution in [0.3, 0.4) is 0 Å². The molecule has 0 aliphatic carbocycles. The van der Waals surface area contributed by atoms with E-state index in [-0.39, 0.29) is 5.91 Å². The first-order valence-electron chi connectivity index (χ1n) is 7.70. The first-order chi connectivity index (χ1) is 11.9. The summed E-state index contributed by atoms with van der Waals surface area (Å²) in [5.74, 6) is -1.28. The van der Waals surface area contributed by atoms with Crippen molar-refractivity contribution in [3.63, 3.8) is 0 Å². The highest BCUT2D eigenvalue weighted by atomic mass is 32.1. The molecule has 2 unspecified atom stereocenters. The summed E-state index contributed by atoms with van der Waals surface area (Å²) in [5, 5.41) is 11.8. The van der Waals surface area contributed by atoms with Gasteiger partial charge in [-0.2, -0.15) is 0 Å². The van der Waals surface area contributed by atoms with E-state index in [1.807, 2.05) is 18.4 Å². The Balaban J connectivity index is 2.26. The van der Waals surface area contributed by atoms with Crippen molar-refractivity contribution in [1.82, 2.24) is 4.90 Å². The van der Waals surface area contributed by atoms with E-state index in [0.717, 1.165) is 10.4 Å². The highest BCUT2D eigenvalue weighted by molar-refractivity contribution is 7.10. The number of nitrogens with zero attached hydrogens (tertiary/aromatic N) is 1. The summed E-state index contributed by atoms with van der Waals surface area (Å²) in [7, 11) is 4.60. The zero-order chi connectivity index (χ0) is 18.3. The molecular formula is C18H19NO5S. The van der Waals surface area contributed by atoms with Crippen LogP contribution in [0.25, 0.3) is 0 Å². The van der Waals surface area contributed by atoms with Gasteiger partial charge in [0.2, 0.25) is 0 Å². The van der Waals surface area contributed by atoms with Crippen molar-refractivity contribution in [3.05, 3.63) is 45.1 Å². The molecule has 3 rings (SSSR count). The summed E-state index contributed by atoms with van der Waals surface area (Å²) >= 11 is 1.46. The third-order valence-corrected chi connectivity index (χ3v) is 5.70. The number of methoxy groups -OCH3 is 2. The molecule has 2 aromatic rings. The van der Waals surface area contributed by atoms with E-state index in [4.69, 9.17) is 9.47 Å². The Bertz CT molecular complexity index is 844. The number of hydrogen-bond acceptors (Lipinski definition) is 5. The summed E-state index contributed by atoms with van der Waals surface area (Å²) in [6.45, 7) is 1.92. The van der Waals surface area contributed by atoms with Gasteiger partial charge in [0, 0.05) is 17.5 Å². The average molecular weight is 361 g/mol. The van der Waals surface area contributed by atoms with Crippen molar-refractivity contribution in [2.45, 2.75) is 18.9 Å². The van der Waals surface area contributed by atoms with Crippen LogP contribution < -0.4 is 9.47 Å². The van der Waals surface area contributed by atoms with Crippen molar-refractivity contribution in [2.75, 3.05) is 21.3 Å². The molecule has 2 atom stereocenters. The van der Waals surface area contributed by atoms with Crippen LogP contribution in [0.1, 0.15) is 38.3 Å². The zero-order valence-electron chi connectivity index (χ0n) is 14.4. The van der Waals surface area contributed by atoms with Crippen molar-refractivity contribution in [3.8, 4) is 11.5 Å². The third kappa shape index (κ3) is 2.64. The molecule has 2 heterocycles. The van der Waals surface area contributed by atoms with E-state index in [0.29, 0.717) is 22.6 Å². The maximum absolute atomic E-state index is 12.9. The van der Waals surface area contributed by atoms with Crippen LogP contribution in [0, 0.1) is 6.92 Å². The minimum Gasteiger partial charge on any atom is -0.493 e. The van der Waals surface area contributed by atoms with Crippen LogP contribution in [0.5, 0.6) is 11.5 Å². The number of amides is 1. The van der Waals surface area contributed by atoms with Gasteiger partial charge in [0.25, 0.3) is 5.91 Å². The highest BCUT2D eigenvalue weighted by Crippen LogP contribution is 2.47. The molecule has 0 saturated heterocycles. The van der Waals surface area contributed by atoms with Crippen LogP contribution in [-0.2, 0) is 4.79 Å². The molecule has 1 N–H and O–H groups in total. The van der Waals surface area contributed by atoms with E-state index in [1.165, 1.54) is 30.5 Å². The van der Waals surface area contributed by atoms with Crippen LogP contribution in [0.2, 0.25) is 0 Å². The second kappa shape index (κ2) is 6.40. The van der Waals surface area contributed by atoms with Crippen LogP contribution in [-0.4, -0.2) is 43.2 Å². The monoisotopic (exact) mass is 361 g/mol. The number of benzene rings is 1. The number of aliphatic carboxylic acids is 1. The quantitative estimate of drug-likeness (QED) is 0.906. The summed E-state index contributed by atoms with van der Waals surface area (Å²) in [5.41, 5.74) is 1.76. The smallest absolute Gasteiger partial charge is 0.313 e. The molecular weight excluding hydrogens is 342 g/mol. The largest absolute Gasteiger partial charge is 0.493 e. The molecule has 0 saturated carbocycles. The Morgan fingerprint density at radius 1 is 1.24 bits per heavy atom. The number of carbonyl (C=O) groups excluding carboxylic acids is 1. The number of fused-ring (bicyclic) bond motifs is 1. The maximum atomic E-state index is 12.9. The van der Waals surface area contributed by atoms with Gasteiger partial charge < -0.3 is 19.5 Å². The van der Waals surface area contributed by atoms with Gasteiger partial charge in [0.1, 0.15) is 5.92 Å². The summed E-state index contributed by atoms with van der Waals surface area (Å²) < 4.78 is 10.6. The molecule has 0 spiro atoms. The predicted octanol–water partition coefficient (Wildman–Crippen LogP) is 3.07. The van der Waals surface area contributed by atoms with Crippen molar-refractivity contribution in [1.29, 1.82) is 0 Å². The molecule has 1 amide bonds. The number of likely N-dealkylation sites (N-methyl/N-ethyl adjacent to an activating group) is 1. The van der Waals surface area contributed by atoms with Crippen LogP contribution >= 0.6 is 11.3 Å². The lowest BCUT2D eigenvalue weighted by Crippen LogP contribution is -2.42. The van der Waals surface area contributed by atoms with E-state index in [9.17, 15) is 14.7 Å². The lowest BCUT2D eigenvalue weighted by molar-refractivity contribution is -0.140. The van der Waals surface area contributed by atoms with Gasteiger partial charge in [0.05, 0.1) is 20.3 Å². The average Bonchev–Trinajstić information content (AvgIpc) is 3.01. The number of ether oxygens (including phenoxy) is 2. The van der Waals surface area contributed by atoms with Crippen molar-refractivity contribution in [2.24, 2.45) is 0 Å². The number of hydrogen-bond donors (Lipinski definition) is 1. The first-order valence-corrected chi connectivity index (χ1v) is 8.58. The van der Waals surface area contributed by atoms with Gasteiger partial charge >= 0.3 is 5.97 Å². The molecule has 7 heteroatoms. The topological polar surface area (TPSA) is 76.1 Å². The standard InChI is InChI=1S/C18H19NO5S/c1-9-5-6-25-16(9)15-14(18(21)22)10-7-12(23-3)13(24-4)8-11(10)17(20)19(15)2/h5-8,14-15H,1-4H3,(H,21,22). The van der Waals surface area contributed by atoms with Gasteiger partial charge in [0.15, 0.2) is 11.5 Å². The van der Waals surface area contributed by atoms with Gasteiger partial charge in [-0.1, -0.05) is 0 Å². The minimum atomic E-state index is -0.981. The molecule has 1 aliphatic rings. The number of carboxylic acids is 1. The Morgan fingerprint density at radius 3 is 2.40 bits per heavy atom. The third-order valence-electron chi connectivity index (χ3n) is 4.61. The Kier molecular flexibility index (Phi) is 4.43. The number of aryl methyl sites for hydroxylation is 1. The van der Waals surface area contributed by atoms with Gasteiger partial charge in [-0.05, 0) is 41.6 Å². The molecule has 1 aliphatic heterocycles. The van der Waals surface area contributed by atoms with E-state index < -0.39 is 17.9 Å². The Labute approximate surface area is 149 Å². The summed E-state index contributed by atoms with van der Waals surface area (Å²) in [6, 6.07) is 4.53. The van der Waals surface area contributed by atoms with Crippen LogP contribution in [0.15, 0.2) is 23.6 Å². The number of thiophene rings is 1. The van der Waals surface area contributed by atoms with Gasteiger partial charge in [-0.3, -0.25) is 9.59 Å². The molecule has 1 aromatic carbocycles. The molecule has 25 heavy (non-hydrogen) atoms. The maximum Gasteiger partial charge on any atom is 0.313 e. The molecule has 6 nitrogen and oxygen atoms in total. The van der Waals surface area contributed by atoms with Crippen LogP contribution in [0.4, 0.5) is 0 Å². The fourth-order valence-electron chi connectivity index (χ4n) is 3.33. The van der Waals surface area contributed by atoms with Gasteiger partial charge in [-0.25, -0.2) is 0 Å². The molecule has 0 bridgehead atoms. The van der Waals surface area contributed by atoms with Crippen molar-refractivity contribution >= 4 is 23.2 Å². The Hall–Kier alpha value is -2.54. The number of carboxylic acid groups (broad SMARTS) is 1. The summed E-state index contributed by atoms with van der Waals surface area (Å²) in [6.07, 6.45) is 0. The number of rotatable bonds is 4. The lowest BCUT2D eigenvalue weighted by atomic mass is 9.81.